The van der Waals surface area contributed by atoms with Crippen LogP contribution in [0.3, 0.4) is 0 Å². The number of para-hydroxylation sites is 1. The van der Waals surface area contributed by atoms with Crippen molar-refractivity contribution in [1.29, 1.82) is 0 Å². The van der Waals surface area contributed by atoms with Crippen LogP contribution in [0.4, 0.5) is 14.4 Å². The van der Waals surface area contributed by atoms with Crippen molar-refractivity contribution in [2.24, 2.45) is 0 Å². The van der Waals surface area contributed by atoms with Crippen LogP contribution in [-0.4, -0.2) is 73.0 Å². The summed E-state index contributed by atoms with van der Waals surface area (Å²) < 4.78 is 22.6. The third kappa shape index (κ3) is 10.2. The number of likely N-dealkylation sites (tertiary alicyclic amines) is 2. The number of unbranched alkanes of at least 4 members (excludes halogenated alkanes) is 1. The fraction of sp³-hybridized carbons (Fsp3) is 0.400. The first-order chi connectivity index (χ1) is 22.0. The fourth-order valence-electron chi connectivity index (χ4n) is 5.38. The van der Waals surface area contributed by atoms with Crippen molar-refractivity contribution in [3.63, 3.8) is 0 Å². The van der Waals surface area contributed by atoms with E-state index in [1.165, 1.54) is 5.56 Å². The molecule has 0 radical (unpaired) electrons. The summed E-state index contributed by atoms with van der Waals surface area (Å²) in [5.41, 5.74) is 1.30. The molecule has 45 heavy (non-hydrogen) atoms. The van der Waals surface area contributed by atoms with Crippen molar-refractivity contribution in [3.05, 3.63) is 90.5 Å². The highest BCUT2D eigenvalue weighted by molar-refractivity contribution is 5.71. The van der Waals surface area contributed by atoms with Gasteiger partial charge in [0.25, 0.3) is 0 Å². The SMILES string of the molecule is O=C(NCCCCc1ccccc1)OC1CCN(C(=O)OC2CCN(C(=O)Oc3ccc(Oc4ccccc4)cc3)CC2)CC1. The molecule has 0 unspecified atom stereocenters. The number of carbonyl (C=O) groups is 3. The molecular formula is C35H41N3O7. The minimum absolute atomic E-state index is 0.222. The molecule has 3 amide bonds. The molecule has 10 nitrogen and oxygen atoms in total. The first-order valence-corrected chi connectivity index (χ1v) is 15.8. The molecule has 3 aromatic rings. The van der Waals surface area contributed by atoms with Crippen molar-refractivity contribution in [2.45, 2.75) is 57.2 Å². The van der Waals surface area contributed by atoms with E-state index in [1.54, 1.807) is 34.1 Å². The number of nitrogens with zero attached hydrogens (tertiary/aromatic N) is 2. The summed E-state index contributed by atoms with van der Waals surface area (Å²) in [6.45, 7) is 2.38. The average Bonchev–Trinajstić information content (AvgIpc) is 3.07. The molecule has 2 saturated heterocycles. The molecule has 10 heteroatoms. The largest absolute Gasteiger partial charge is 0.457 e. The highest BCUT2D eigenvalue weighted by Gasteiger charge is 2.30. The van der Waals surface area contributed by atoms with Crippen LogP contribution in [0.5, 0.6) is 17.2 Å². The second kappa shape index (κ2) is 16.4. The Morgan fingerprint density at radius 3 is 1.80 bits per heavy atom. The summed E-state index contributed by atoms with van der Waals surface area (Å²) in [5.74, 6) is 1.80. The fourth-order valence-corrected chi connectivity index (χ4v) is 5.38. The van der Waals surface area contributed by atoms with Crippen LogP contribution in [0.25, 0.3) is 0 Å². The lowest BCUT2D eigenvalue weighted by atomic mass is 10.1. The Morgan fingerprint density at radius 2 is 1.16 bits per heavy atom. The molecule has 0 aliphatic carbocycles. The molecular weight excluding hydrogens is 574 g/mol. The Hall–Kier alpha value is -4.73. The Morgan fingerprint density at radius 1 is 0.622 bits per heavy atom. The number of alkyl carbamates (subject to hydrolysis) is 1. The maximum absolute atomic E-state index is 12.8. The highest BCUT2D eigenvalue weighted by Crippen LogP contribution is 2.25. The van der Waals surface area contributed by atoms with Crippen LogP contribution in [-0.2, 0) is 15.9 Å². The van der Waals surface area contributed by atoms with Crippen LogP contribution >= 0.6 is 0 Å². The van der Waals surface area contributed by atoms with Gasteiger partial charge in [0.2, 0.25) is 0 Å². The van der Waals surface area contributed by atoms with Gasteiger partial charge in [-0.25, -0.2) is 14.4 Å². The molecule has 0 spiro atoms. The number of amides is 3. The van der Waals surface area contributed by atoms with Gasteiger partial charge >= 0.3 is 18.3 Å². The van der Waals surface area contributed by atoms with Crippen LogP contribution in [0.1, 0.15) is 44.1 Å². The summed E-state index contributed by atoms with van der Waals surface area (Å²) >= 11 is 0. The van der Waals surface area contributed by atoms with Gasteiger partial charge in [0.15, 0.2) is 0 Å². The third-order valence-corrected chi connectivity index (χ3v) is 7.95. The standard InChI is InChI=1S/C35H41N3O7/c39-33(36-22-8-7-11-27-9-3-1-4-10-27)43-31-18-23-37(24-19-31)35(41)45-32-20-25-38(26-21-32)34(40)44-30-16-14-29(15-17-30)42-28-12-5-2-6-13-28/h1-6,9-10,12-17,31-32H,7-8,11,18-26H2,(H,36,39). The summed E-state index contributed by atoms with van der Waals surface area (Å²) in [6.07, 6.45) is 3.38. The number of carbonyl (C=O) groups excluding carboxylic acids is 3. The lowest BCUT2D eigenvalue weighted by Crippen LogP contribution is -2.46. The van der Waals surface area contributed by atoms with Gasteiger partial charge in [0.05, 0.1) is 0 Å². The van der Waals surface area contributed by atoms with Crippen LogP contribution in [0.15, 0.2) is 84.9 Å². The van der Waals surface area contributed by atoms with Gasteiger partial charge in [0, 0.05) is 58.4 Å². The number of nitrogens with one attached hydrogen (secondary N) is 1. The van der Waals surface area contributed by atoms with Gasteiger partial charge in [0.1, 0.15) is 29.5 Å². The zero-order valence-corrected chi connectivity index (χ0v) is 25.5. The number of hydrogen-bond acceptors (Lipinski definition) is 7. The third-order valence-electron chi connectivity index (χ3n) is 7.95. The van der Waals surface area contributed by atoms with E-state index in [0.29, 0.717) is 69.9 Å². The number of piperidine rings is 2. The first kappa shape index (κ1) is 31.7. The van der Waals surface area contributed by atoms with E-state index in [2.05, 4.69) is 17.4 Å². The Bertz CT molecular complexity index is 1360. The molecule has 2 heterocycles. The quantitative estimate of drug-likeness (QED) is 0.250. The summed E-state index contributed by atoms with van der Waals surface area (Å²) in [5, 5.41) is 2.83. The van der Waals surface area contributed by atoms with Crippen LogP contribution < -0.4 is 14.8 Å². The number of benzene rings is 3. The molecule has 2 aliphatic heterocycles. The summed E-state index contributed by atoms with van der Waals surface area (Å²) in [4.78, 5) is 40.9. The molecule has 0 aromatic heterocycles. The van der Waals surface area contributed by atoms with Gasteiger partial charge in [-0.2, -0.15) is 0 Å². The van der Waals surface area contributed by atoms with E-state index in [1.807, 2.05) is 48.5 Å². The summed E-state index contributed by atoms with van der Waals surface area (Å²) in [6, 6.07) is 26.6. The minimum atomic E-state index is -0.435. The molecule has 238 valence electrons. The number of aryl methyl sites for hydroxylation is 1. The molecule has 1 N–H and O–H groups in total. The van der Waals surface area contributed by atoms with Crippen LogP contribution in [0, 0.1) is 0 Å². The molecule has 2 aliphatic rings. The molecule has 3 aromatic carbocycles. The molecule has 0 bridgehead atoms. The van der Waals surface area contributed by atoms with Gasteiger partial charge in [-0.15, -0.1) is 0 Å². The lowest BCUT2D eigenvalue weighted by Gasteiger charge is -2.34. The lowest BCUT2D eigenvalue weighted by molar-refractivity contribution is 0.0129. The van der Waals surface area contributed by atoms with Crippen molar-refractivity contribution in [1.82, 2.24) is 15.1 Å². The topological polar surface area (TPSA) is 107 Å². The van der Waals surface area contributed by atoms with E-state index in [4.69, 9.17) is 18.9 Å². The maximum Gasteiger partial charge on any atom is 0.415 e. The number of hydrogen-bond donors (Lipinski definition) is 1. The zero-order chi connectivity index (χ0) is 31.3. The molecule has 0 saturated carbocycles. The van der Waals surface area contributed by atoms with E-state index < -0.39 is 12.2 Å². The average molecular weight is 616 g/mol. The van der Waals surface area contributed by atoms with Crippen molar-refractivity contribution < 1.29 is 33.3 Å². The predicted molar refractivity (Wildman–Crippen MR) is 169 cm³/mol. The molecule has 5 rings (SSSR count). The van der Waals surface area contributed by atoms with Gasteiger partial charge in [-0.1, -0.05) is 48.5 Å². The molecule has 2 fully saturated rings. The predicted octanol–water partition coefficient (Wildman–Crippen LogP) is 6.79. The Kier molecular flexibility index (Phi) is 11.5. The van der Waals surface area contributed by atoms with E-state index >= 15 is 0 Å². The van der Waals surface area contributed by atoms with Gasteiger partial charge in [-0.05, 0) is 61.2 Å². The van der Waals surface area contributed by atoms with E-state index in [9.17, 15) is 14.4 Å². The second-order valence-electron chi connectivity index (χ2n) is 11.3. The van der Waals surface area contributed by atoms with Crippen molar-refractivity contribution in [2.75, 3.05) is 32.7 Å². The van der Waals surface area contributed by atoms with Gasteiger partial charge in [-0.3, -0.25) is 0 Å². The zero-order valence-electron chi connectivity index (χ0n) is 25.5. The van der Waals surface area contributed by atoms with Crippen molar-refractivity contribution in [3.8, 4) is 17.2 Å². The van der Waals surface area contributed by atoms with Crippen LogP contribution in [0.2, 0.25) is 0 Å². The van der Waals surface area contributed by atoms with Gasteiger partial charge < -0.3 is 34.1 Å². The number of rotatable bonds is 10. The van der Waals surface area contributed by atoms with E-state index in [-0.39, 0.29) is 18.3 Å². The normalized spacial score (nSPS) is 15.6. The highest BCUT2D eigenvalue weighted by atomic mass is 16.6. The van der Waals surface area contributed by atoms with E-state index in [0.717, 1.165) is 25.0 Å². The minimum Gasteiger partial charge on any atom is -0.457 e. The first-order valence-electron chi connectivity index (χ1n) is 15.8. The second-order valence-corrected chi connectivity index (χ2v) is 11.3. The molecule has 0 atom stereocenters. The van der Waals surface area contributed by atoms with Crippen molar-refractivity contribution >= 4 is 18.3 Å². The Balaban J connectivity index is 0.928. The Labute approximate surface area is 264 Å². The monoisotopic (exact) mass is 615 g/mol. The maximum atomic E-state index is 12.8. The summed E-state index contributed by atoms with van der Waals surface area (Å²) in [7, 11) is 0. The number of ether oxygens (including phenoxy) is 4. The smallest absolute Gasteiger partial charge is 0.415 e.